The van der Waals surface area contributed by atoms with E-state index in [2.05, 4.69) is 41.6 Å². The summed E-state index contributed by atoms with van der Waals surface area (Å²) in [5.41, 5.74) is 4.83. The predicted molar refractivity (Wildman–Crippen MR) is 127 cm³/mol. The molecule has 1 aliphatic rings. The minimum Gasteiger partial charge on any atom is -0.358 e. The SMILES string of the molecule is CCC(C)NCC1CCc2[nH]c3ccc(NC(=S)N(OC(C)=O)C(C)C)cc3c2C1. The molecule has 1 aromatic heterocycles. The number of hydroxylamine groups is 2. The highest BCUT2D eigenvalue weighted by Gasteiger charge is 2.23. The quantitative estimate of drug-likeness (QED) is 0.462. The Hall–Kier alpha value is -2.12. The van der Waals surface area contributed by atoms with Crippen LogP contribution in [0.3, 0.4) is 0 Å². The van der Waals surface area contributed by atoms with E-state index in [1.54, 1.807) is 0 Å². The van der Waals surface area contributed by atoms with E-state index in [1.165, 1.54) is 35.1 Å². The predicted octanol–water partition coefficient (Wildman–Crippen LogP) is 4.55. The van der Waals surface area contributed by atoms with Crippen molar-refractivity contribution in [2.75, 3.05) is 11.9 Å². The molecule has 2 unspecified atom stereocenters. The van der Waals surface area contributed by atoms with Crippen molar-refractivity contribution < 1.29 is 9.63 Å². The smallest absolute Gasteiger partial charge is 0.329 e. The van der Waals surface area contributed by atoms with Crippen LogP contribution < -0.4 is 10.6 Å². The Kier molecular flexibility index (Phi) is 7.36. The second-order valence-electron chi connectivity index (χ2n) is 8.60. The van der Waals surface area contributed by atoms with Gasteiger partial charge in [-0.15, -0.1) is 0 Å². The minimum absolute atomic E-state index is 0.0589. The Morgan fingerprint density at radius 3 is 2.80 bits per heavy atom. The molecule has 1 aliphatic carbocycles. The molecule has 0 spiro atoms. The van der Waals surface area contributed by atoms with E-state index >= 15 is 0 Å². The number of hydrogen-bond acceptors (Lipinski definition) is 4. The van der Waals surface area contributed by atoms with Crippen LogP contribution in [-0.4, -0.2) is 39.8 Å². The average Bonchev–Trinajstić information content (AvgIpc) is 3.07. The van der Waals surface area contributed by atoms with Crippen LogP contribution in [0.1, 0.15) is 58.7 Å². The molecule has 0 radical (unpaired) electrons. The zero-order chi connectivity index (χ0) is 21.8. The lowest BCUT2D eigenvalue weighted by Gasteiger charge is -2.27. The van der Waals surface area contributed by atoms with Crippen molar-refractivity contribution in [2.24, 2.45) is 5.92 Å². The number of anilines is 1. The van der Waals surface area contributed by atoms with Crippen molar-refractivity contribution >= 4 is 39.9 Å². The molecule has 2 atom stereocenters. The van der Waals surface area contributed by atoms with Crippen molar-refractivity contribution in [3.05, 3.63) is 29.5 Å². The molecule has 0 saturated heterocycles. The van der Waals surface area contributed by atoms with Crippen LogP contribution >= 0.6 is 12.2 Å². The van der Waals surface area contributed by atoms with Crippen molar-refractivity contribution in [1.29, 1.82) is 0 Å². The third-order valence-corrected chi connectivity index (χ3v) is 6.09. The van der Waals surface area contributed by atoms with Gasteiger partial charge in [0.15, 0.2) is 0 Å². The second kappa shape index (κ2) is 9.79. The third-order valence-electron chi connectivity index (χ3n) is 5.80. The molecular formula is C23H34N4O2S. The van der Waals surface area contributed by atoms with Crippen molar-refractivity contribution in [1.82, 2.24) is 15.4 Å². The Morgan fingerprint density at radius 2 is 2.13 bits per heavy atom. The van der Waals surface area contributed by atoms with E-state index in [0.29, 0.717) is 17.1 Å². The van der Waals surface area contributed by atoms with Gasteiger partial charge in [0, 0.05) is 35.2 Å². The van der Waals surface area contributed by atoms with Crippen LogP contribution in [0.2, 0.25) is 0 Å². The molecule has 2 aromatic rings. The van der Waals surface area contributed by atoms with E-state index in [4.69, 9.17) is 17.1 Å². The summed E-state index contributed by atoms with van der Waals surface area (Å²) in [6.07, 6.45) is 4.54. The largest absolute Gasteiger partial charge is 0.358 e. The lowest BCUT2D eigenvalue weighted by molar-refractivity contribution is -0.174. The Labute approximate surface area is 184 Å². The standard InChI is InChI=1S/C23H34N4O2S/c1-6-15(4)24-13-17-7-9-21-19(11-17)20-12-18(8-10-22(20)26-21)25-23(30)27(14(2)3)29-16(5)28/h8,10,12,14-15,17,24,26H,6-7,9,11,13H2,1-5H3,(H,25,30). The van der Waals surface area contributed by atoms with Gasteiger partial charge in [0.2, 0.25) is 5.11 Å². The average molecular weight is 431 g/mol. The van der Waals surface area contributed by atoms with Crippen molar-refractivity contribution in [3.63, 3.8) is 0 Å². The molecule has 164 valence electrons. The summed E-state index contributed by atoms with van der Waals surface area (Å²) in [5, 5.41) is 9.95. The summed E-state index contributed by atoms with van der Waals surface area (Å²) in [7, 11) is 0. The van der Waals surface area contributed by atoms with Gasteiger partial charge in [0.25, 0.3) is 0 Å². The van der Waals surface area contributed by atoms with Crippen LogP contribution in [0.25, 0.3) is 10.9 Å². The van der Waals surface area contributed by atoms with Crippen molar-refractivity contribution in [3.8, 4) is 0 Å². The number of benzene rings is 1. The van der Waals surface area contributed by atoms with Crippen LogP contribution in [-0.2, 0) is 22.5 Å². The summed E-state index contributed by atoms with van der Waals surface area (Å²) in [4.78, 5) is 20.3. The van der Waals surface area contributed by atoms with Gasteiger partial charge in [-0.3, -0.25) is 4.79 Å². The van der Waals surface area contributed by atoms with E-state index in [1.807, 2.05) is 19.9 Å². The Bertz CT molecular complexity index is 908. The number of carbonyl (C=O) groups excluding carboxylic acids is 1. The lowest BCUT2D eigenvalue weighted by atomic mass is 9.86. The van der Waals surface area contributed by atoms with Gasteiger partial charge in [0.05, 0.1) is 6.04 Å². The molecule has 30 heavy (non-hydrogen) atoms. The Morgan fingerprint density at radius 1 is 1.37 bits per heavy atom. The molecule has 0 bridgehead atoms. The van der Waals surface area contributed by atoms with Gasteiger partial charge in [-0.25, -0.2) is 0 Å². The topological polar surface area (TPSA) is 69.4 Å². The van der Waals surface area contributed by atoms with Crippen LogP contribution in [0.4, 0.5) is 5.69 Å². The highest BCUT2D eigenvalue weighted by Crippen LogP contribution is 2.33. The van der Waals surface area contributed by atoms with Crippen LogP contribution in [0.5, 0.6) is 0 Å². The summed E-state index contributed by atoms with van der Waals surface area (Å²) < 4.78 is 0. The number of nitrogens with one attached hydrogen (secondary N) is 3. The molecule has 1 aromatic carbocycles. The molecule has 0 fully saturated rings. The summed E-state index contributed by atoms with van der Waals surface area (Å²) in [6, 6.07) is 6.75. The minimum atomic E-state index is -0.389. The number of nitrogens with zero attached hydrogens (tertiary/aromatic N) is 1. The maximum absolute atomic E-state index is 11.4. The highest BCUT2D eigenvalue weighted by atomic mass is 32.1. The number of carbonyl (C=O) groups is 1. The molecule has 6 nitrogen and oxygen atoms in total. The molecule has 1 heterocycles. The number of aromatic nitrogens is 1. The number of aromatic amines is 1. The fraction of sp³-hybridized carbons (Fsp3) is 0.565. The van der Waals surface area contributed by atoms with E-state index in [-0.39, 0.29) is 12.0 Å². The van der Waals surface area contributed by atoms with Gasteiger partial charge in [-0.1, -0.05) is 6.92 Å². The molecule has 3 N–H and O–H groups in total. The molecule has 0 amide bonds. The molecule has 3 rings (SSSR count). The monoisotopic (exact) mass is 430 g/mol. The number of H-pyrrole nitrogens is 1. The van der Waals surface area contributed by atoms with Gasteiger partial charge in [-0.2, -0.15) is 5.06 Å². The van der Waals surface area contributed by atoms with Gasteiger partial charge in [-0.05, 0) is 94.9 Å². The van der Waals surface area contributed by atoms with E-state index in [9.17, 15) is 4.79 Å². The first-order chi connectivity index (χ1) is 14.3. The number of rotatable bonds is 6. The maximum atomic E-state index is 11.4. The molecule has 0 saturated carbocycles. The van der Waals surface area contributed by atoms with E-state index < -0.39 is 0 Å². The first-order valence-electron chi connectivity index (χ1n) is 10.9. The second-order valence-corrected chi connectivity index (χ2v) is 8.99. The number of thiocarbonyl (C=S) groups is 1. The van der Waals surface area contributed by atoms with Gasteiger partial charge >= 0.3 is 5.97 Å². The van der Waals surface area contributed by atoms with Crippen molar-refractivity contribution in [2.45, 2.75) is 72.4 Å². The third kappa shape index (κ3) is 5.32. The molecular weight excluding hydrogens is 396 g/mol. The fourth-order valence-corrected chi connectivity index (χ4v) is 4.32. The number of hydrogen-bond donors (Lipinski definition) is 3. The first-order valence-corrected chi connectivity index (χ1v) is 11.3. The van der Waals surface area contributed by atoms with Crippen LogP contribution in [0, 0.1) is 5.92 Å². The van der Waals surface area contributed by atoms with Crippen LogP contribution in [0.15, 0.2) is 18.2 Å². The fourth-order valence-electron chi connectivity index (χ4n) is 3.95. The van der Waals surface area contributed by atoms with Gasteiger partial charge in [0.1, 0.15) is 0 Å². The summed E-state index contributed by atoms with van der Waals surface area (Å²) >= 11 is 5.49. The maximum Gasteiger partial charge on any atom is 0.329 e. The number of aryl methyl sites for hydroxylation is 1. The van der Waals surface area contributed by atoms with Gasteiger partial charge < -0.3 is 20.5 Å². The lowest BCUT2D eigenvalue weighted by Crippen LogP contribution is -2.41. The van der Waals surface area contributed by atoms with E-state index in [0.717, 1.165) is 37.0 Å². The molecule has 0 aliphatic heterocycles. The zero-order valence-corrected chi connectivity index (χ0v) is 19.5. The number of fused-ring (bicyclic) bond motifs is 3. The highest BCUT2D eigenvalue weighted by molar-refractivity contribution is 7.80. The first kappa shape index (κ1) is 22.6. The molecule has 7 heteroatoms. The Balaban J connectivity index is 1.76. The summed E-state index contributed by atoms with van der Waals surface area (Å²) in [5.74, 6) is 0.267. The normalized spacial score (nSPS) is 16.9. The summed E-state index contributed by atoms with van der Waals surface area (Å²) in [6.45, 7) is 10.8. The zero-order valence-electron chi connectivity index (χ0n) is 18.7.